The van der Waals surface area contributed by atoms with Crippen LogP contribution >= 0.6 is 0 Å². The number of ether oxygens (including phenoxy) is 2. The van der Waals surface area contributed by atoms with Gasteiger partial charge in [0.1, 0.15) is 11.8 Å². The normalized spacial score (nSPS) is 22.6. The first-order valence-electron chi connectivity index (χ1n) is 15.8. The third-order valence-electron chi connectivity index (χ3n) is 9.05. The van der Waals surface area contributed by atoms with Crippen LogP contribution in [0.5, 0.6) is 5.75 Å². The number of imide groups is 1. The summed E-state index contributed by atoms with van der Waals surface area (Å²) in [6.45, 7) is 7.28. The molecule has 0 aromatic heterocycles. The summed E-state index contributed by atoms with van der Waals surface area (Å²) in [5, 5.41) is 5.47. The van der Waals surface area contributed by atoms with E-state index in [2.05, 4.69) is 44.7 Å². The van der Waals surface area contributed by atoms with Crippen molar-refractivity contribution in [3.05, 3.63) is 64.7 Å². The van der Waals surface area contributed by atoms with Gasteiger partial charge in [-0.05, 0) is 55.5 Å². The van der Waals surface area contributed by atoms with Gasteiger partial charge >= 0.3 is 0 Å². The number of nitrogens with one attached hydrogen (secondary N) is 2. The lowest BCUT2D eigenvalue weighted by molar-refractivity contribution is -0.137. The number of rotatable bonds is 11. The minimum absolute atomic E-state index is 0.0637. The molecule has 4 heterocycles. The zero-order chi connectivity index (χ0) is 30.5. The molecule has 0 spiro atoms. The van der Waals surface area contributed by atoms with Crippen molar-refractivity contribution >= 4 is 23.6 Å². The summed E-state index contributed by atoms with van der Waals surface area (Å²) < 4.78 is 11.6. The van der Waals surface area contributed by atoms with Crippen molar-refractivity contribution in [3.63, 3.8) is 0 Å². The third kappa shape index (κ3) is 6.95. The van der Waals surface area contributed by atoms with Crippen LogP contribution in [-0.2, 0) is 38.8 Å². The summed E-state index contributed by atoms with van der Waals surface area (Å²) in [6.07, 6.45) is 3.11. The average molecular weight is 604 g/mol. The van der Waals surface area contributed by atoms with Crippen LogP contribution < -0.4 is 15.4 Å². The highest BCUT2D eigenvalue weighted by Crippen LogP contribution is 2.33. The summed E-state index contributed by atoms with van der Waals surface area (Å²) in [4.78, 5) is 56.2. The topological polar surface area (TPSA) is 121 Å². The summed E-state index contributed by atoms with van der Waals surface area (Å²) in [7, 11) is 0. The minimum atomic E-state index is -0.654. The Kier molecular flexibility index (Phi) is 9.54. The molecule has 2 atom stereocenters. The highest BCUT2D eigenvalue weighted by atomic mass is 16.5. The monoisotopic (exact) mass is 603 g/mol. The van der Waals surface area contributed by atoms with Gasteiger partial charge in [-0.1, -0.05) is 30.3 Å². The van der Waals surface area contributed by atoms with E-state index in [4.69, 9.17) is 9.47 Å². The van der Waals surface area contributed by atoms with Crippen molar-refractivity contribution in [2.24, 2.45) is 0 Å². The number of hydrogen-bond acceptors (Lipinski definition) is 8. The Bertz CT molecular complexity index is 1380. The summed E-state index contributed by atoms with van der Waals surface area (Å²) in [5.74, 6) is -0.241. The van der Waals surface area contributed by atoms with Gasteiger partial charge in [0.15, 0.2) is 0 Å². The number of nitrogens with zero attached hydrogens (tertiary/aromatic N) is 3. The van der Waals surface area contributed by atoms with Gasteiger partial charge in [0, 0.05) is 50.3 Å². The van der Waals surface area contributed by atoms with Crippen LogP contribution in [0.25, 0.3) is 0 Å². The van der Waals surface area contributed by atoms with E-state index in [1.807, 2.05) is 6.07 Å². The average Bonchev–Trinajstić information content (AvgIpc) is 3.64. The predicted molar refractivity (Wildman–Crippen MR) is 162 cm³/mol. The first-order chi connectivity index (χ1) is 21.5. The minimum Gasteiger partial charge on any atom is -0.493 e. The zero-order valence-corrected chi connectivity index (χ0v) is 25.1. The van der Waals surface area contributed by atoms with Gasteiger partial charge in [-0.3, -0.25) is 34.3 Å². The predicted octanol–water partition coefficient (Wildman–Crippen LogP) is 1.83. The lowest BCUT2D eigenvalue weighted by atomic mass is 10.0. The molecule has 4 aliphatic rings. The largest absolute Gasteiger partial charge is 0.493 e. The molecule has 11 heteroatoms. The van der Waals surface area contributed by atoms with Crippen LogP contribution in [0.2, 0.25) is 0 Å². The fourth-order valence-electron chi connectivity index (χ4n) is 6.62. The second kappa shape index (κ2) is 13.9. The van der Waals surface area contributed by atoms with E-state index >= 15 is 0 Å². The molecule has 2 aromatic carbocycles. The fraction of sp³-hybridized carbons (Fsp3) is 0.515. The molecular formula is C33H41N5O6. The maximum atomic E-state index is 13.1. The van der Waals surface area contributed by atoms with Gasteiger partial charge in [0.05, 0.1) is 32.4 Å². The number of carbonyl (C=O) groups is 4. The molecule has 0 radical (unpaired) electrons. The van der Waals surface area contributed by atoms with Crippen molar-refractivity contribution in [2.75, 3.05) is 46.0 Å². The molecule has 0 bridgehead atoms. The molecule has 2 aromatic rings. The van der Waals surface area contributed by atoms with Crippen molar-refractivity contribution in [3.8, 4) is 5.75 Å². The molecule has 4 aliphatic heterocycles. The Balaban J connectivity index is 0.950. The van der Waals surface area contributed by atoms with Gasteiger partial charge in [0.2, 0.25) is 17.7 Å². The summed E-state index contributed by atoms with van der Waals surface area (Å²) in [6, 6.07) is 13.1. The number of carbonyl (C=O) groups excluding carboxylic acids is 4. The Morgan fingerprint density at radius 2 is 1.80 bits per heavy atom. The molecular weight excluding hydrogens is 562 g/mol. The molecule has 2 unspecified atom stereocenters. The maximum absolute atomic E-state index is 13.1. The molecule has 44 heavy (non-hydrogen) atoms. The number of fused-ring (bicyclic) bond motifs is 1. The number of benzene rings is 2. The number of morpholine rings is 1. The lowest BCUT2D eigenvalue weighted by Gasteiger charge is -2.29. The van der Waals surface area contributed by atoms with Gasteiger partial charge in [-0.2, -0.15) is 0 Å². The Labute approximate surface area is 257 Å². The SMILES string of the molecule is O=C1CCC(N2Cc3c(OCCCN4CCCC4C(=O)NCc4ccc(CN5CCOCC5)cc4)cccc3C2=O)C(=O)N1. The van der Waals surface area contributed by atoms with Gasteiger partial charge in [-0.25, -0.2) is 0 Å². The smallest absolute Gasteiger partial charge is 0.255 e. The maximum Gasteiger partial charge on any atom is 0.255 e. The van der Waals surface area contributed by atoms with E-state index in [0.717, 1.165) is 76.3 Å². The van der Waals surface area contributed by atoms with Crippen molar-refractivity contribution in [2.45, 2.75) is 63.8 Å². The molecule has 0 saturated carbocycles. The third-order valence-corrected chi connectivity index (χ3v) is 9.05. The van der Waals surface area contributed by atoms with E-state index in [9.17, 15) is 19.2 Å². The van der Waals surface area contributed by atoms with Crippen LogP contribution in [-0.4, -0.2) is 96.4 Å². The molecule has 11 nitrogen and oxygen atoms in total. The molecule has 6 rings (SSSR count). The van der Waals surface area contributed by atoms with Crippen molar-refractivity contribution < 1.29 is 28.7 Å². The van der Waals surface area contributed by atoms with Crippen LogP contribution in [0.4, 0.5) is 0 Å². The van der Waals surface area contributed by atoms with Gasteiger partial charge in [-0.15, -0.1) is 0 Å². The molecule has 4 amide bonds. The quantitative estimate of drug-likeness (QED) is 0.295. The standard InChI is InChI=1S/C33H41N5O6/c39-30-12-11-28(32(41)35-30)38-22-26-25(33(38)42)4-1-6-29(26)44-17-3-14-37-13-2-5-27(37)31(40)34-20-23-7-9-24(10-8-23)21-36-15-18-43-19-16-36/h1,4,6-10,27-28H,2-3,5,11-22H2,(H,34,40)(H,35,39,41). The van der Waals surface area contributed by atoms with Crippen molar-refractivity contribution in [1.29, 1.82) is 0 Å². The lowest BCUT2D eigenvalue weighted by Crippen LogP contribution is -2.52. The molecule has 3 fully saturated rings. The number of piperidine rings is 1. The highest BCUT2D eigenvalue weighted by molar-refractivity contribution is 6.05. The summed E-state index contributed by atoms with van der Waals surface area (Å²) >= 11 is 0. The first-order valence-corrected chi connectivity index (χ1v) is 15.8. The first kappa shape index (κ1) is 30.2. The zero-order valence-electron chi connectivity index (χ0n) is 25.1. The summed E-state index contributed by atoms with van der Waals surface area (Å²) in [5.41, 5.74) is 3.67. The fourth-order valence-corrected chi connectivity index (χ4v) is 6.62. The van der Waals surface area contributed by atoms with Crippen LogP contribution in [0, 0.1) is 0 Å². The second-order valence-corrected chi connectivity index (χ2v) is 12.0. The van der Waals surface area contributed by atoms with E-state index in [0.29, 0.717) is 30.9 Å². The van der Waals surface area contributed by atoms with Gasteiger partial charge < -0.3 is 19.7 Å². The molecule has 2 N–H and O–H groups in total. The van der Waals surface area contributed by atoms with Crippen LogP contribution in [0.3, 0.4) is 0 Å². The second-order valence-electron chi connectivity index (χ2n) is 12.0. The molecule has 3 saturated heterocycles. The number of hydrogen-bond donors (Lipinski definition) is 2. The Morgan fingerprint density at radius 1 is 1.00 bits per heavy atom. The number of likely N-dealkylation sites (tertiary alicyclic amines) is 1. The van der Waals surface area contributed by atoms with Crippen LogP contribution in [0.15, 0.2) is 42.5 Å². The van der Waals surface area contributed by atoms with E-state index < -0.39 is 11.9 Å². The Morgan fingerprint density at radius 3 is 2.59 bits per heavy atom. The molecule has 0 aliphatic carbocycles. The van der Waals surface area contributed by atoms with Crippen molar-refractivity contribution in [1.82, 2.24) is 25.3 Å². The highest BCUT2D eigenvalue weighted by Gasteiger charge is 2.40. The molecule has 234 valence electrons. The van der Waals surface area contributed by atoms with E-state index in [1.54, 1.807) is 12.1 Å². The van der Waals surface area contributed by atoms with Gasteiger partial charge in [0.25, 0.3) is 5.91 Å². The van der Waals surface area contributed by atoms with Crippen LogP contribution in [0.1, 0.15) is 59.2 Å². The number of amides is 4. The Hall–Kier alpha value is -3.80. The van der Waals surface area contributed by atoms with E-state index in [-0.39, 0.29) is 36.7 Å². The van der Waals surface area contributed by atoms with E-state index in [1.165, 1.54) is 10.5 Å².